The molecule has 4 rings (SSSR count). The van der Waals surface area contributed by atoms with Gasteiger partial charge in [-0.25, -0.2) is 9.97 Å². The van der Waals surface area contributed by atoms with E-state index in [2.05, 4.69) is 38.0 Å². The van der Waals surface area contributed by atoms with Gasteiger partial charge in [-0.2, -0.15) is 0 Å². The van der Waals surface area contributed by atoms with Gasteiger partial charge in [0.15, 0.2) is 5.82 Å². The number of halogens is 1. The molecule has 0 saturated carbocycles. The van der Waals surface area contributed by atoms with Gasteiger partial charge in [0.05, 0.1) is 11.6 Å². The Morgan fingerprint density at radius 3 is 2.54 bits per heavy atom. The highest BCUT2D eigenvalue weighted by Crippen LogP contribution is 2.34. The lowest BCUT2D eigenvalue weighted by atomic mass is 10.0. The highest BCUT2D eigenvalue weighted by molar-refractivity contribution is 9.10. The number of amides is 1. The fourth-order valence-electron chi connectivity index (χ4n) is 3.41. The normalized spacial score (nSPS) is 16.7. The van der Waals surface area contributed by atoms with Gasteiger partial charge in [0.25, 0.3) is 5.91 Å². The van der Waals surface area contributed by atoms with E-state index in [4.69, 9.17) is 0 Å². The maximum absolute atomic E-state index is 13.0. The van der Waals surface area contributed by atoms with E-state index < -0.39 is 0 Å². The molecule has 2 aromatic carbocycles. The minimum absolute atomic E-state index is 0.00733. The summed E-state index contributed by atoms with van der Waals surface area (Å²) in [5.41, 5.74) is 2.64. The lowest BCUT2D eigenvalue weighted by Crippen LogP contribution is -2.30. The zero-order valence-corrected chi connectivity index (χ0v) is 15.8. The van der Waals surface area contributed by atoms with Crippen molar-refractivity contribution in [3.8, 4) is 11.4 Å². The summed E-state index contributed by atoms with van der Waals surface area (Å²) in [4.78, 5) is 23.7. The summed E-state index contributed by atoms with van der Waals surface area (Å²) in [6.45, 7) is 0.760. The van der Waals surface area contributed by atoms with Crippen molar-refractivity contribution in [1.82, 2.24) is 14.9 Å². The highest BCUT2D eigenvalue weighted by atomic mass is 79.9. The molecule has 4 nitrogen and oxygen atoms in total. The minimum atomic E-state index is -0.00733. The summed E-state index contributed by atoms with van der Waals surface area (Å²) in [5, 5.41) is 0. The van der Waals surface area contributed by atoms with Gasteiger partial charge >= 0.3 is 0 Å². The Kier molecular flexibility index (Phi) is 4.80. The van der Waals surface area contributed by atoms with Crippen molar-refractivity contribution in [1.29, 1.82) is 0 Å². The van der Waals surface area contributed by atoms with Crippen LogP contribution in [0.5, 0.6) is 0 Å². The molecule has 1 aliphatic heterocycles. The van der Waals surface area contributed by atoms with Crippen LogP contribution >= 0.6 is 15.9 Å². The van der Waals surface area contributed by atoms with Crippen LogP contribution in [0.15, 0.2) is 71.5 Å². The summed E-state index contributed by atoms with van der Waals surface area (Å²) in [5.74, 6) is 0.624. The van der Waals surface area contributed by atoms with Crippen molar-refractivity contribution < 1.29 is 4.79 Å². The first-order chi connectivity index (χ1) is 12.7. The Morgan fingerprint density at radius 2 is 1.81 bits per heavy atom. The topological polar surface area (TPSA) is 46.1 Å². The van der Waals surface area contributed by atoms with Crippen molar-refractivity contribution in [3.05, 3.63) is 82.6 Å². The van der Waals surface area contributed by atoms with Gasteiger partial charge in [0.2, 0.25) is 0 Å². The Morgan fingerprint density at radius 1 is 1.04 bits per heavy atom. The summed E-state index contributed by atoms with van der Waals surface area (Å²) >= 11 is 3.52. The third kappa shape index (κ3) is 3.40. The van der Waals surface area contributed by atoms with Crippen LogP contribution in [0.3, 0.4) is 0 Å². The molecule has 0 bridgehead atoms. The van der Waals surface area contributed by atoms with E-state index in [9.17, 15) is 4.79 Å². The first-order valence-corrected chi connectivity index (χ1v) is 9.45. The quantitative estimate of drug-likeness (QED) is 0.621. The average Bonchev–Trinajstić information content (AvgIpc) is 3.18. The third-order valence-corrected chi connectivity index (χ3v) is 5.17. The van der Waals surface area contributed by atoms with Gasteiger partial charge < -0.3 is 4.90 Å². The van der Waals surface area contributed by atoms with Gasteiger partial charge in [0.1, 0.15) is 0 Å². The van der Waals surface area contributed by atoms with Gasteiger partial charge in [-0.3, -0.25) is 4.79 Å². The highest BCUT2D eigenvalue weighted by Gasteiger charge is 2.31. The third-order valence-electron chi connectivity index (χ3n) is 4.68. The maximum Gasteiger partial charge on any atom is 0.257 e. The van der Waals surface area contributed by atoms with Crippen molar-refractivity contribution in [2.45, 2.75) is 18.9 Å². The van der Waals surface area contributed by atoms with E-state index in [1.165, 1.54) is 0 Å². The molecule has 26 heavy (non-hydrogen) atoms. The van der Waals surface area contributed by atoms with E-state index in [0.717, 1.165) is 35.0 Å². The minimum Gasteiger partial charge on any atom is -0.332 e. The Hall–Kier alpha value is -2.53. The number of nitrogens with zero attached hydrogens (tertiary/aromatic N) is 3. The number of hydrogen-bond donors (Lipinski definition) is 0. The molecule has 3 aromatic rings. The molecule has 1 aromatic heterocycles. The number of likely N-dealkylation sites (tertiary alicyclic amines) is 1. The number of hydrogen-bond acceptors (Lipinski definition) is 3. The van der Waals surface area contributed by atoms with Crippen LogP contribution in [0.25, 0.3) is 11.4 Å². The van der Waals surface area contributed by atoms with E-state index in [-0.39, 0.29) is 11.9 Å². The molecule has 130 valence electrons. The van der Waals surface area contributed by atoms with E-state index in [1.807, 2.05) is 47.4 Å². The fraction of sp³-hybridized carbons (Fsp3) is 0.190. The van der Waals surface area contributed by atoms with Crippen LogP contribution < -0.4 is 0 Å². The van der Waals surface area contributed by atoms with E-state index in [1.54, 1.807) is 12.4 Å². The van der Waals surface area contributed by atoms with Crippen LogP contribution in [0, 0.1) is 0 Å². The second-order valence-electron chi connectivity index (χ2n) is 6.37. The summed E-state index contributed by atoms with van der Waals surface area (Å²) in [6.07, 6.45) is 5.25. The summed E-state index contributed by atoms with van der Waals surface area (Å²) in [6, 6.07) is 18.1. The summed E-state index contributed by atoms with van der Waals surface area (Å²) in [7, 11) is 0. The van der Waals surface area contributed by atoms with Gasteiger partial charge in [-0.15, -0.1) is 0 Å². The van der Waals surface area contributed by atoms with Crippen LogP contribution in [0.2, 0.25) is 0 Å². The smallest absolute Gasteiger partial charge is 0.257 e. The molecule has 1 fully saturated rings. The zero-order valence-electron chi connectivity index (χ0n) is 14.2. The van der Waals surface area contributed by atoms with E-state index in [0.29, 0.717) is 11.4 Å². The van der Waals surface area contributed by atoms with Gasteiger partial charge in [0, 0.05) is 29.0 Å². The number of aromatic nitrogens is 2. The van der Waals surface area contributed by atoms with Crippen molar-refractivity contribution in [2.75, 3.05) is 6.54 Å². The molecule has 2 heterocycles. The SMILES string of the molecule is O=C(c1cnc(-c2ccccc2)nc1)N1CCCC1c1cccc(Br)c1. The van der Waals surface area contributed by atoms with E-state index >= 15 is 0 Å². The molecule has 1 atom stereocenters. The predicted molar refractivity (Wildman–Crippen MR) is 105 cm³/mol. The van der Waals surface area contributed by atoms with Crippen LogP contribution in [0.1, 0.15) is 34.8 Å². The molecular weight excluding hydrogens is 390 g/mol. The molecule has 0 radical (unpaired) electrons. The number of carbonyl (C=O) groups is 1. The molecule has 0 aliphatic carbocycles. The molecule has 1 amide bonds. The molecular formula is C21H18BrN3O. The first-order valence-electron chi connectivity index (χ1n) is 8.66. The maximum atomic E-state index is 13.0. The van der Waals surface area contributed by atoms with Crippen molar-refractivity contribution in [2.24, 2.45) is 0 Å². The Balaban J connectivity index is 1.57. The van der Waals surface area contributed by atoms with Crippen LogP contribution in [-0.2, 0) is 0 Å². The fourth-order valence-corrected chi connectivity index (χ4v) is 3.83. The predicted octanol–water partition coefficient (Wildman–Crippen LogP) is 4.88. The molecule has 1 saturated heterocycles. The number of rotatable bonds is 3. The summed E-state index contributed by atoms with van der Waals surface area (Å²) < 4.78 is 1.03. The lowest BCUT2D eigenvalue weighted by Gasteiger charge is -2.25. The molecule has 5 heteroatoms. The Bertz CT molecular complexity index is 912. The van der Waals surface area contributed by atoms with Crippen LogP contribution in [0.4, 0.5) is 0 Å². The van der Waals surface area contributed by atoms with Crippen LogP contribution in [-0.4, -0.2) is 27.3 Å². The van der Waals surface area contributed by atoms with Gasteiger partial charge in [-0.1, -0.05) is 58.4 Å². The largest absolute Gasteiger partial charge is 0.332 e. The standard InChI is InChI=1S/C21H18BrN3O/c22-18-9-4-8-16(12-18)19-10-5-11-25(19)21(26)17-13-23-20(24-14-17)15-6-2-1-3-7-15/h1-4,6-9,12-14,19H,5,10-11H2. The monoisotopic (exact) mass is 407 g/mol. The number of carbonyl (C=O) groups excluding carboxylic acids is 1. The first kappa shape index (κ1) is 16.9. The lowest BCUT2D eigenvalue weighted by molar-refractivity contribution is 0.0735. The number of benzene rings is 2. The van der Waals surface area contributed by atoms with Crippen molar-refractivity contribution >= 4 is 21.8 Å². The Labute approximate surface area is 161 Å². The molecule has 1 unspecified atom stereocenters. The molecule has 0 spiro atoms. The molecule has 0 N–H and O–H groups in total. The van der Waals surface area contributed by atoms with Gasteiger partial charge in [-0.05, 0) is 30.5 Å². The second kappa shape index (κ2) is 7.38. The average molecular weight is 408 g/mol. The molecule has 1 aliphatic rings. The van der Waals surface area contributed by atoms with Crippen molar-refractivity contribution in [3.63, 3.8) is 0 Å². The second-order valence-corrected chi connectivity index (χ2v) is 7.29. The zero-order chi connectivity index (χ0) is 17.9.